The molecule has 2 fully saturated rings. The molecule has 120 valence electrons. The highest BCUT2D eigenvalue weighted by Crippen LogP contribution is 2.41. The Balaban J connectivity index is 1.50. The molecule has 0 aromatic heterocycles. The zero-order chi connectivity index (χ0) is 15.6. The molecule has 5 heteroatoms. The first-order chi connectivity index (χ1) is 10.6. The zero-order valence-electron chi connectivity index (χ0n) is 13.2. The van der Waals surface area contributed by atoms with Crippen molar-refractivity contribution in [2.45, 2.75) is 43.7 Å². The Labute approximate surface area is 137 Å². The van der Waals surface area contributed by atoms with Gasteiger partial charge < -0.3 is 15.4 Å². The van der Waals surface area contributed by atoms with Gasteiger partial charge in [0.05, 0.1) is 5.60 Å². The minimum Gasteiger partial charge on any atom is -0.373 e. The number of benzene rings is 1. The van der Waals surface area contributed by atoms with Crippen molar-refractivity contribution in [3.63, 3.8) is 0 Å². The topological polar surface area (TPSA) is 45.7 Å². The Morgan fingerprint density at radius 3 is 3.05 bits per heavy atom. The highest BCUT2D eigenvalue weighted by molar-refractivity contribution is 6.30. The smallest absolute Gasteiger partial charge is 0.191 e. The lowest BCUT2D eigenvalue weighted by Gasteiger charge is -2.24. The third-order valence-corrected chi connectivity index (χ3v) is 4.78. The summed E-state index contributed by atoms with van der Waals surface area (Å²) in [5.41, 5.74) is 1.24. The molecule has 4 nitrogen and oxygen atoms in total. The van der Waals surface area contributed by atoms with Gasteiger partial charge in [0.2, 0.25) is 0 Å². The number of hydrogen-bond donors (Lipinski definition) is 2. The fourth-order valence-electron chi connectivity index (χ4n) is 3.08. The standard InChI is InChI=1S/C17H24ClN3O/c1-17(7-4-8-22-17)11-20-16(19-2)21-15-10-14(15)12-5-3-6-13(18)9-12/h3,5-6,9,14-15H,4,7-8,10-11H2,1-2H3,(H2,19,20,21). The van der Waals surface area contributed by atoms with E-state index >= 15 is 0 Å². The Morgan fingerprint density at radius 2 is 2.36 bits per heavy atom. The molecule has 0 bridgehead atoms. The van der Waals surface area contributed by atoms with Crippen molar-refractivity contribution in [1.29, 1.82) is 0 Å². The van der Waals surface area contributed by atoms with Crippen molar-refractivity contribution < 1.29 is 4.74 Å². The summed E-state index contributed by atoms with van der Waals surface area (Å²) >= 11 is 6.06. The molecule has 0 spiro atoms. The van der Waals surface area contributed by atoms with Crippen LogP contribution in [0.2, 0.25) is 5.02 Å². The van der Waals surface area contributed by atoms with E-state index in [0.29, 0.717) is 12.0 Å². The molecule has 1 aliphatic heterocycles. The van der Waals surface area contributed by atoms with Crippen LogP contribution in [-0.4, -0.2) is 37.8 Å². The number of hydrogen-bond acceptors (Lipinski definition) is 2. The van der Waals surface area contributed by atoms with E-state index < -0.39 is 0 Å². The molecule has 1 heterocycles. The lowest BCUT2D eigenvalue weighted by Crippen LogP contribution is -2.46. The van der Waals surface area contributed by atoms with Crippen molar-refractivity contribution in [1.82, 2.24) is 10.6 Å². The molecule has 1 aliphatic carbocycles. The largest absolute Gasteiger partial charge is 0.373 e. The first-order valence-corrected chi connectivity index (χ1v) is 8.34. The van der Waals surface area contributed by atoms with E-state index in [0.717, 1.165) is 43.4 Å². The molecule has 3 unspecified atom stereocenters. The first-order valence-electron chi connectivity index (χ1n) is 7.96. The highest BCUT2D eigenvalue weighted by atomic mass is 35.5. The number of nitrogens with one attached hydrogen (secondary N) is 2. The molecule has 1 saturated heterocycles. The summed E-state index contributed by atoms with van der Waals surface area (Å²) < 4.78 is 5.80. The number of nitrogens with zero attached hydrogens (tertiary/aromatic N) is 1. The summed E-state index contributed by atoms with van der Waals surface area (Å²) in [6, 6.07) is 8.55. The van der Waals surface area contributed by atoms with Crippen LogP contribution < -0.4 is 10.6 Å². The third kappa shape index (κ3) is 3.73. The van der Waals surface area contributed by atoms with E-state index in [2.05, 4.69) is 34.7 Å². The molecule has 3 atom stereocenters. The average molecular weight is 322 g/mol. The van der Waals surface area contributed by atoms with Gasteiger partial charge in [-0.3, -0.25) is 4.99 Å². The third-order valence-electron chi connectivity index (χ3n) is 4.54. The van der Waals surface area contributed by atoms with E-state index in [4.69, 9.17) is 16.3 Å². The number of ether oxygens (including phenoxy) is 1. The molecule has 1 saturated carbocycles. The molecule has 2 aliphatic rings. The van der Waals surface area contributed by atoms with Gasteiger partial charge in [0.1, 0.15) is 0 Å². The minimum atomic E-state index is -0.0620. The van der Waals surface area contributed by atoms with Crippen LogP contribution in [-0.2, 0) is 4.74 Å². The van der Waals surface area contributed by atoms with Gasteiger partial charge in [-0.1, -0.05) is 23.7 Å². The maximum atomic E-state index is 6.06. The second kappa shape index (κ2) is 6.47. The normalized spacial score (nSPS) is 31.1. The predicted octanol–water partition coefficient (Wildman–Crippen LogP) is 2.93. The van der Waals surface area contributed by atoms with Crippen LogP contribution in [0.3, 0.4) is 0 Å². The number of guanidine groups is 1. The van der Waals surface area contributed by atoms with Crippen molar-refractivity contribution in [2.24, 2.45) is 4.99 Å². The number of aliphatic imine (C=N–C) groups is 1. The van der Waals surface area contributed by atoms with Gasteiger partial charge in [0.25, 0.3) is 0 Å². The molecule has 1 aromatic carbocycles. The van der Waals surface area contributed by atoms with Gasteiger partial charge in [-0.25, -0.2) is 0 Å². The summed E-state index contributed by atoms with van der Waals surface area (Å²) in [6.45, 7) is 3.82. The van der Waals surface area contributed by atoms with Crippen molar-refractivity contribution in [3.8, 4) is 0 Å². The number of rotatable bonds is 4. The van der Waals surface area contributed by atoms with Crippen LogP contribution in [0, 0.1) is 0 Å². The van der Waals surface area contributed by atoms with E-state index in [-0.39, 0.29) is 5.60 Å². The van der Waals surface area contributed by atoms with Gasteiger partial charge in [-0.05, 0) is 43.9 Å². The minimum absolute atomic E-state index is 0.0620. The second-order valence-electron chi connectivity index (χ2n) is 6.48. The fourth-order valence-corrected chi connectivity index (χ4v) is 3.28. The van der Waals surface area contributed by atoms with Crippen LogP contribution in [0.4, 0.5) is 0 Å². The van der Waals surface area contributed by atoms with Crippen molar-refractivity contribution in [2.75, 3.05) is 20.2 Å². The van der Waals surface area contributed by atoms with Crippen LogP contribution in [0.1, 0.15) is 37.7 Å². The van der Waals surface area contributed by atoms with Crippen LogP contribution in [0.15, 0.2) is 29.3 Å². The molecule has 3 rings (SSSR count). The van der Waals surface area contributed by atoms with Crippen molar-refractivity contribution in [3.05, 3.63) is 34.9 Å². The predicted molar refractivity (Wildman–Crippen MR) is 90.7 cm³/mol. The Hall–Kier alpha value is -1.26. The monoisotopic (exact) mass is 321 g/mol. The lowest BCUT2D eigenvalue weighted by molar-refractivity contribution is 0.0243. The maximum Gasteiger partial charge on any atom is 0.191 e. The summed E-state index contributed by atoms with van der Waals surface area (Å²) in [7, 11) is 1.81. The molecular weight excluding hydrogens is 298 g/mol. The molecular formula is C17H24ClN3O. The summed E-state index contributed by atoms with van der Waals surface area (Å²) in [5, 5.41) is 7.69. The van der Waals surface area contributed by atoms with Gasteiger partial charge >= 0.3 is 0 Å². The van der Waals surface area contributed by atoms with E-state index in [1.807, 2.05) is 19.2 Å². The zero-order valence-corrected chi connectivity index (χ0v) is 14.0. The quantitative estimate of drug-likeness (QED) is 0.662. The van der Waals surface area contributed by atoms with Gasteiger partial charge in [-0.2, -0.15) is 0 Å². The summed E-state index contributed by atoms with van der Waals surface area (Å²) in [4.78, 5) is 4.32. The average Bonchev–Trinajstić information content (AvgIpc) is 3.15. The fraction of sp³-hybridized carbons (Fsp3) is 0.588. The molecule has 1 aromatic rings. The lowest BCUT2D eigenvalue weighted by atomic mass is 10.0. The molecule has 0 amide bonds. The van der Waals surface area contributed by atoms with E-state index in [1.54, 1.807) is 0 Å². The second-order valence-corrected chi connectivity index (χ2v) is 6.91. The van der Waals surface area contributed by atoms with Gasteiger partial charge in [-0.15, -0.1) is 0 Å². The van der Waals surface area contributed by atoms with Gasteiger partial charge in [0, 0.05) is 37.2 Å². The maximum absolute atomic E-state index is 6.06. The summed E-state index contributed by atoms with van der Waals surface area (Å²) in [6.07, 6.45) is 3.37. The molecule has 0 radical (unpaired) electrons. The first kappa shape index (κ1) is 15.6. The molecule has 22 heavy (non-hydrogen) atoms. The Bertz CT molecular complexity index is 555. The van der Waals surface area contributed by atoms with E-state index in [9.17, 15) is 0 Å². The Kier molecular flexibility index (Phi) is 4.59. The van der Waals surface area contributed by atoms with E-state index in [1.165, 1.54) is 5.56 Å². The van der Waals surface area contributed by atoms with Gasteiger partial charge in [0.15, 0.2) is 5.96 Å². The highest BCUT2D eigenvalue weighted by Gasteiger charge is 2.39. The van der Waals surface area contributed by atoms with Crippen LogP contribution in [0.25, 0.3) is 0 Å². The van der Waals surface area contributed by atoms with Crippen molar-refractivity contribution >= 4 is 17.6 Å². The summed E-state index contributed by atoms with van der Waals surface area (Å²) in [5.74, 6) is 1.38. The molecule has 2 N–H and O–H groups in total. The van der Waals surface area contributed by atoms with Crippen LogP contribution >= 0.6 is 11.6 Å². The SMILES string of the molecule is CN=C(NCC1(C)CCCO1)NC1CC1c1cccc(Cl)c1. The Morgan fingerprint density at radius 1 is 1.50 bits per heavy atom. The number of halogens is 1. The van der Waals surface area contributed by atoms with Crippen LogP contribution in [0.5, 0.6) is 0 Å².